The van der Waals surface area contributed by atoms with Crippen LogP contribution in [0.5, 0.6) is 0 Å². The van der Waals surface area contributed by atoms with Gasteiger partial charge in [0.05, 0.1) is 10.5 Å². The van der Waals surface area contributed by atoms with Crippen LogP contribution in [0.25, 0.3) is 0 Å². The molecule has 156 valence electrons. The van der Waals surface area contributed by atoms with E-state index in [0.29, 0.717) is 38.0 Å². The molecule has 1 aromatic carbocycles. The van der Waals surface area contributed by atoms with E-state index in [9.17, 15) is 18.0 Å². The highest BCUT2D eigenvalue weighted by Gasteiger charge is 2.31. The Morgan fingerprint density at radius 3 is 2.11 bits per heavy atom. The molecule has 1 saturated heterocycles. The van der Waals surface area contributed by atoms with Crippen LogP contribution in [0.15, 0.2) is 29.2 Å². The Labute approximate surface area is 167 Å². The molecule has 0 unspecified atom stereocenters. The summed E-state index contributed by atoms with van der Waals surface area (Å²) in [5.41, 5.74) is 0.215. The Morgan fingerprint density at radius 2 is 1.61 bits per heavy atom. The summed E-state index contributed by atoms with van der Waals surface area (Å²) in [6, 6.07) is 5.69. The maximum Gasteiger partial charge on any atom is 0.338 e. The van der Waals surface area contributed by atoms with Crippen molar-refractivity contribution in [1.82, 2.24) is 9.21 Å². The summed E-state index contributed by atoms with van der Waals surface area (Å²) >= 11 is 0. The highest BCUT2D eigenvalue weighted by atomic mass is 32.2. The zero-order chi connectivity index (χ0) is 20.9. The Hall–Kier alpha value is -1.93. The maximum atomic E-state index is 12.9. The van der Waals surface area contributed by atoms with Gasteiger partial charge in [0, 0.05) is 26.2 Å². The van der Waals surface area contributed by atoms with E-state index in [1.54, 1.807) is 4.90 Å². The first-order valence-electron chi connectivity index (χ1n) is 9.74. The zero-order valence-corrected chi connectivity index (χ0v) is 17.9. The summed E-state index contributed by atoms with van der Waals surface area (Å²) in [5.74, 6) is -0.275. The fourth-order valence-electron chi connectivity index (χ4n) is 3.59. The summed E-state index contributed by atoms with van der Waals surface area (Å²) in [4.78, 5) is 25.8. The van der Waals surface area contributed by atoms with Crippen LogP contribution in [0.1, 0.15) is 44.5 Å². The topological polar surface area (TPSA) is 84.0 Å². The van der Waals surface area contributed by atoms with Crippen molar-refractivity contribution in [3.8, 4) is 0 Å². The molecule has 0 N–H and O–H groups in total. The standard InChI is InChI=1S/C20H30N2O5S/c1-5-21(6-2)19(23)14-27-20(24)17-7-9-18(10-8-17)28(25,26)22-12-15(3)11-16(4)13-22/h7-10,15-16H,5-6,11-14H2,1-4H3/t15-,16-/m1/s1. The van der Waals surface area contributed by atoms with Crippen LogP contribution in [-0.2, 0) is 19.6 Å². The highest BCUT2D eigenvalue weighted by molar-refractivity contribution is 7.89. The van der Waals surface area contributed by atoms with Crippen LogP contribution in [0.4, 0.5) is 0 Å². The second-order valence-corrected chi connectivity index (χ2v) is 9.37. The Kier molecular flexibility index (Phi) is 7.60. The number of piperidine rings is 1. The van der Waals surface area contributed by atoms with E-state index < -0.39 is 16.0 Å². The lowest BCUT2D eigenvalue weighted by atomic mass is 9.94. The van der Waals surface area contributed by atoms with Crippen molar-refractivity contribution >= 4 is 21.9 Å². The highest BCUT2D eigenvalue weighted by Crippen LogP contribution is 2.26. The predicted molar refractivity (Wildman–Crippen MR) is 106 cm³/mol. The molecule has 2 rings (SSSR count). The smallest absolute Gasteiger partial charge is 0.338 e. The largest absolute Gasteiger partial charge is 0.452 e. The van der Waals surface area contributed by atoms with E-state index in [2.05, 4.69) is 13.8 Å². The van der Waals surface area contributed by atoms with Gasteiger partial charge >= 0.3 is 5.97 Å². The van der Waals surface area contributed by atoms with Crippen molar-refractivity contribution < 1.29 is 22.7 Å². The van der Waals surface area contributed by atoms with E-state index in [-0.39, 0.29) is 23.0 Å². The summed E-state index contributed by atoms with van der Waals surface area (Å²) in [6.45, 7) is 9.59. The van der Waals surface area contributed by atoms with Gasteiger partial charge in [-0.25, -0.2) is 13.2 Å². The lowest BCUT2D eigenvalue weighted by Crippen LogP contribution is -2.42. The van der Waals surface area contributed by atoms with Gasteiger partial charge in [0.25, 0.3) is 5.91 Å². The fraction of sp³-hybridized carbons (Fsp3) is 0.600. The van der Waals surface area contributed by atoms with Crippen LogP contribution < -0.4 is 0 Å². The van der Waals surface area contributed by atoms with Crippen molar-refractivity contribution in [3.05, 3.63) is 29.8 Å². The van der Waals surface area contributed by atoms with E-state index in [1.165, 1.54) is 28.6 Å². The lowest BCUT2D eigenvalue weighted by molar-refractivity contribution is -0.134. The molecule has 0 saturated carbocycles. The summed E-state index contributed by atoms with van der Waals surface area (Å²) in [6.07, 6.45) is 1.02. The van der Waals surface area contributed by atoms with Crippen molar-refractivity contribution in [2.45, 2.75) is 39.0 Å². The summed E-state index contributed by atoms with van der Waals surface area (Å²) in [7, 11) is -3.59. The third-order valence-electron chi connectivity index (χ3n) is 5.01. The number of sulfonamides is 1. The van der Waals surface area contributed by atoms with E-state index in [4.69, 9.17) is 4.74 Å². The van der Waals surface area contributed by atoms with E-state index >= 15 is 0 Å². The monoisotopic (exact) mass is 410 g/mol. The minimum absolute atomic E-state index is 0.157. The molecular formula is C20H30N2O5S. The first kappa shape index (κ1) is 22.4. The van der Waals surface area contributed by atoms with E-state index in [0.717, 1.165) is 6.42 Å². The van der Waals surface area contributed by atoms with Gasteiger partial charge in [-0.3, -0.25) is 4.79 Å². The number of benzene rings is 1. The van der Waals surface area contributed by atoms with Gasteiger partial charge in [0.1, 0.15) is 0 Å². The molecule has 1 aromatic rings. The average molecular weight is 411 g/mol. The second kappa shape index (κ2) is 9.52. The number of hydrogen-bond donors (Lipinski definition) is 0. The molecule has 7 nitrogen and oxygen atoms in total. The minimum Gasteiger partial charge on any atom is -0.452 e. The lowest BCUT2D eigenvalue weighted by Gasteiger charge is -2.34. The number of esters is 1. The third kappa shape index (κ3) is 5.32. The van der Waals surface area contributed by atoms with Gasteiger partial charge in [-0.05, 0) is 56.4 Å². The molecule has 1 aliphatic rings. The number of likely N-dealkylation sites (N-methyl/N-ethyl adjacent to an activating group) is 1. The zero-order valence-electron chi connectivity index (χ0n) is 17.1. The Bertz CT molecular complexity index is 777. The molecule has 1 amide bonds. The maximum absolute atomic E-state index is 12.9. The molecule has 2 atom stereocenters. The fourth-order valence-corrected chi connectivity index (χ4v) is 5.27. The van der Waals surface area contributed by atoms with Crippen molar-refractivity contribution in [3.63, 3.8) is 0 Å². The molecule has 8 heteroatoms. The van der Waals surface area contributed by atoms with Gasteiger partial charge in [-0.15, -0.1) is 0 Å². The third-order valence-corrected chi connectivity index (χ3v) is 6.85. The predicted octanol–water partition coefficient (Wildman–Crippen LogP) is 2.38. The quantitative estimate of drug-likeness (QED) is 0.645. The summed E-state index contributed by atoms with van der Waals surface area (Å²) in [5, 5.41) is 0. The van der Waals surface area contributed by atoms with E-state index in [1.807, 2.05) is 13.8 Å². The molecule has 28 heavy (non-hydrogen) atoms. The molecule has 0 aliphatic carbocycles. The average Bonchev–Trinajstić information content (AvgIpc) is 2.66. The number of carbonyl (C=O) groups is 2. The first-order valence-corrected chi connectivity index (χ1v) is 11.2. The molecule has 1 heterocycles. The number of carbonyl (C=O) groups excluding carboxylic acids is 2. The number of rotatable bonds is 7. The van der Waals surface area contributed by atoms with Crippen LogP contribution >= 0.6 is 0 Å². The van der Waals surface area contributed by atoms with Crippen LogP contribution in [0, 0.1) is 11.8 Å². The molecular weight excluding hydrogens is 380 g/mol. The Balaban J connectivity index is 2.04. The van der Waals surface area contributed by atoms with Gasteiger partial charge in [0.15, 0.2) is 6.61 Å². The van der Waals surface area contributed by atoms with Crippen molar-refractivity contribution in [1.29, 1.82) is 0 Å². The number of ether oxygens (including phenoxy) is 1. The number of hydrogen-bond acceptors (Lipinski definition) is 5. The SMILES string of the molecule is CCN(CC)C(=O)COC(=O)c1ccc(S(=O)(=O)N2C[C@H](C)C[C@@H](C)C2)cc1. The number of amides is 1. The molecule has 1 fully saturated rings. The second-order valence-electron chi connectivity index (χ2n) is 7.43. The molecule has 0 radical (unpaired) electrons. The minimum atomic E-state index is -3.59. The normalized spacial score (nSPS) is 20.6. The first-order chi connectivity index (χ1) is 13.2. The number of nitrogens with zero attached hydrogens (tertiary/aromatic N) is 2. The molecule has 1 aliphatic heterocycles. The van der Waals surface area contributed by atoms with Crippen LogP contribution in [0.3, 0.4) is 0 Å². The summed E-state index contributed by atoms with van der Waals surface area (Å²) < 4.78 is 32.3. The van der Waals surface area contributed by atoms with Gasteiger partial charge < -0.3 is 9.64 Å². The van der Waals surface area contributed by atoms with Crippen LogP contribution in [0.2, 0.25) is 0 Å². The molecule has 0 aromatic heterocycles. The Morgan fingerprint density at radius 1 is 1.07 bits per heavy atom. The van der Waals surface area contributed by atoms with Gasteiger partial charge in [-0.2, -0.15) is 4.31 Å². The van der Waals surface area contributed by atoms with Gasteiger partial charge in [-0.1, -0.05) is 13.8 Å². The van der Waals surface area contributed by atoms with Crippen LogP contribution in [-0.4, -0.2) is 62.3 Å². The molecule has 0 spiro atoms. The van der Waals surface area contributed by atoms with Gasteiger partial charge in [0.2, 0.25) is 10.0 Å². The van der Waals surface area contributed by atoms with Crippen molar-refractivity contribution in [2.75, 3.05) is 32.8 Å². The van der Waals surface area contributed by atoms with Crippen molar-refractivity contribution in [2.24, 2.45) is 11.8 Å². The molecule has 0 bridgehead atoms.